The molecule has 1 N–H and O–H groups in total. The van der Waals surface area contributed by atoms with Crippen molar-refractivity contribution in [3.8, 4) is 5.69 Å². The Hall–Kier alpha value is -2.37. The van der Waals surface area contributed by atoms with Crippen LogP contribution in [0.15, 0.2) is 55.0 Å². The molecule has 2 aromatic heterocycles. The van der Waals surface area contributed by atoms with Crippen molar-refractivity contribution in [2.75, 3.05) is 18.0 Å². The van der Waals surface area contributed by atoms with E-state index in [4.69, 9.17) is 11.6 Å². The van der Waals surface area contributed by atoms with Gasteiger partial charge < -0.3 is 10.2 Å². The van der Waals surface area contributed by atoms with Crippen LogP contribution in [0.25, 0.3) is 5.69 Å². The summed E-state index contributed by atoms with van der Waals surface area (Å²) in [6.07, 6.45) is 8.15. The predicted octanol–water partition coefficient (Wildman–Crippen LogP) is 3.99. The number of aromatic nitrogens is 3. The Kier molecular flexibility index (Phi) is 5.41. The Bertz CT molecular complexity index is 867. The molecule has 1 aromatic carbocycles. The quantitative estimate of drug-likeness (QED) is 0.725. The Labute approximate surface area is 165 Å². The third-order valence-corrected chi connectivity index (χ3v) is 5.43. The highest BCUT2D eigenvalue weighted by atomic mass is 35.5. The normalized spacial score (nSPS) is 15.3. The average molecular weight is 382 g/mol. The molecule has 1 fully saturated rings. The number of piperidine rings is 1. The topological polar surface area (TPSA) is 46.0 Å². The molecule has 0 aliphatic carbocycles. The van der Waals surface area contributed by atoms with Crippen LogP contribution in [0.1, 0.15) is 24.1 Å². The van der Waals surface area contributed by atoms with Crippen LogP contribution < -0.4 is 10.2 Å². The molecule has 140 valence electrons. The molecule has 0 bridgehead atoms. The summed E-state index contributed by atoms with van der Waals surface area (Å²) in [4.78, 5) is 6.63. The lowest BCUT2D eigenvalue weighted by Gasteiger charge is -2.33. The van der Waals surface area contributed by atoms with E-state index in [-0.39, 0.29) is 0 Å². The zero-order valence-corrected chi connectivity index (χ0v) is 16.2. The number of hydrogen-bond donors (Lipinski definition) is 1. The number of anilines is 1. The molecule has 1 aliphatic rings. The minimum Gasteiger partial charge on any atom is -0.370 e. The lowest BCUT2D eigenvalue weighted by Crippen LogP contribution is -2.42. The first-order valence-corrected chi connectivity index (χ1v) is 9.76. The predicted molar refractivity (Wildman–Crippen MR) is 110 cm³/mol. The number of halogens is 1. The van der Waals surface area contributed by atoms with Crippen molar-refractivity contribution < 1.29 is 0 Å². The Morgan fingerprint density at radius 2 is 1.89 bits per heavy atom. The number of nitrogens with one attached hydrogen (secondary N) is 1. The fourth-order valence-corrected chi connectivity index (χ4v) is 3.66. The molecular formula is C21H24ClN5. The first-order valence-electron chi connectivity index (χ1n) is 9.38. The van der Waals surface area contributed by atoms with Gasteiger partial charge in [-0.15, -0.1) is 0 Å². The number of pyridine rings is 1. The molecule has 6 heteroatoms. The van der Waals surface area contributed by atoms with Crippen molar-refractivity contribution in [1.29, 1.82) is 0 Å². The highest BCUT2D eigenvalue weighted by Gasteiger charge is 2.19. The first-order chi connectivity index (χ1) is 13.2. The van der Waals surface area contributed by atoms with E-state index in [1.165, 1.54) is 11.3 Å². The van der Waals surface area contributed by atoms with Gasteiger partial charge in [-0.05, 0) is 56.2 Å². The van der Waals surface area contributed by atoms with Crippen LogP contribution >= 0.6 is 11.6 Å². The van der Waals surface area contributed by atoms with E-state index in [0.29, 0.717) is 6.04 Å². The molecule has 3 heterocycles. The van der Waals surface area contributed by atoms with E-state index in [1.54, 1.807) is 0 Å². The summed E-state index contributed by atoms with van der Waals surface area (Å²) >= 11 is 5.97. The van der Waals surface area contributed by atoms with E-state index >= 15 is 0 Å². The van der Waals surface area contributed by atoms with Gasteiger partial charge in [-0.1, -0.05) is 11.6 Å². The zero-order chi connectivity index (χ0) is 18.6. The number of benzene rings is 1. The standard InChI is InChI=1S/C21H24ClN5/c1-16-17(15-27(25-16)20-6-4-18(22)5-7-20)13-24-19-8-11-26(12-9-19)21-3-2-10-23-14-21/h2-7,10,14-15,19,24H,8-9,11-13H2,1H3. The number of aryl methyl sites for hydroxylation is 1. The van der Waals surface area contributed by atoms with Crippen LogP contribution in [0.4, 0.5) is 5.69 Å². The maximum absolute atomic E-state index is 5.97. The van der Waals surface area contributed by atoms with Crippen LogP contribution in [0, 0.1) is 6.92 Å². The molecule has 0 atom stereocenters. The smallest absolute Gasteiger partial charge is 0.0646 e. The summed E-state index contributed by atoms with van der Waals surface area (Å²) in [7, 11) is 0. The van der Waals surface area contributed by atoms with Crippen molar-refractivity contribution >= 4 is 17.3 Å². The Morgan fingerprint density at radius 1 is 1.11 bits per heavy atom. The second-order valence-corrected chi connectivity index (χ2v) is 7.45. The maximum Gasteiger partial charge on any atom is 0.0646 e. The van der Waals surface area contributed by atoms with Gasteiger partial charge in [0.2, 0.25) is 0 Å². The van der Waals surface area contributed by atoms with Gasteiger partial charge >= 0.3 is 0 Å². The largest absolute Gasteiger partial charge is 0.370 e. The minimum atomic E-state index is 0.538. The van der Waals surface area contributed by atoms with E-state index < -0.39 is 0 Å². The lowest BCUT2D eigenvalue weighted by atomic mass is 10.0. The molecule has 4 rings (SSSR count). The van der Waals surface area contributed by atoms with Crippen molar-refractivity contribution in [1.82, 2.24) is 20.1 Å². The second-order valence-electron chi connectivity index (χ2n) is 7.01. The molecule has 0 saturated carbocycles. The monoisotopic (exact) mass is 381 g/mol. The fraction of sp³-hybridized carbons (Fsp3) is 0.333. The summed E-state index contributed by atoms with van der Waals surface area (Å²) in [5.41, 5.74) is 4.54. The Morgan fingerprint density at radius 3 is 2.59 bits per heavy atom. The lowest BCUT2D eigenvalue weighted by molar-refractivity contribution is 0.413. The molecule has 1 saturated heterocycles. The summed E-state index contributed by atoms with van der Waals surface area (Å²) in [6, 6.07) is 12.4. The number of hydrogen-bond acceptors (Lipinski definition) is 4. The van der Waals surface area contributed by atoms with Crippen LogP contribution in [0.5, 0.6) is 0 Å². The fourth-order valence-electron chi connectivity index (χ4n) is 3.53. The van der Waals surface area contributed by atoms with E-state index in [0.717, 1.165) is 48.9 Å². The van der Waals surface area contributed by atoms with Crippen LogP contribution in [0.3, 0.4) is 0 Å². The van der Waals surface area contributed by atoms with Gasteiger partial charge in [0.05, 0.1) is 23.3 Å². The molecule has 0 unspecified atom stereocenters. The zero-order valence-electron chi connectivity index (χ0n) is 15.5. The highest BCUT2D eigenvalue weighted by molar-refractivity contribution is 6.30. The van der Waals surface area contributed by atoms with Gasteiger partial charge in [0.25, 0.3) is 0 Å². The summed E-state index contributed by atoms with van der Waals surface area (Å²) < 4.78 is 1.92. The van der Waals surface area contributed by atoms with Crippen LogP contribution in [0.2, 0.25) is 5.02 Å². The highest BCUT2D eigenvalue weighted by Crippen LogP contribution is 2.20. The van der Waals surface area contributed by atoms with Gasteiger partial charge in [0.1, 0.15) is 0 Å². The van der Waals surface area contributed by atoms with E-state index in [1.807, 2.05) is 47.4 Å². The van der Waals surface area contributed by atoms with Gasteiger partial charge in [-0.25, -0.2) is 4.68 Å². The number of rotatable bonds is 5. The van der Waals surface area contributed by atoms with Crippen LogP contribution in [-0.4, -0.2) is 33.9 Å². The van der Waals surface area contributed by atoms with Crippen molar-refractivity contribution in [2.24, 2.45) is 0 Å². The summed E-state index contributed by atoms with van der Waals surface area (Å²) in [6.45, 7) is 5.03. The molecule has 1 aliphatic heterocycles. The summed E-state index contributed by atoms with van der Waals surface area (Å²) in [5, 5.41) is 9.09. The van der Waals surface area contributed by atoms with Crippen molar-refractivity contribution in [3.63, 3.8) is 0 Å². The molecule has 5 nitrogen and oxygen atoms in total. The maximum atomic E-state index is 5.97. The third kappa shape index (κ3) is 4.31. The molecule has 0 amide bonds. The van der Waals surface area contributed by atoms with Gasteiger partial charge in [-0.2, -0.15) is 5.10 Å². The summed E-state index contributed by atoms with van der Waals surface area (Å²) in [5.74, 6) is 0. The van der Waals surface area contributed by atoms with Gasteiger partial charge in [-0.3, -0.25) is 4.98 Å². The second kappa shape index (κ2) is 8.11. The van der Waals surface area contributed by atoms with Gasteiger partial charge in [0.15, 0.2) is 0 Å². The molecule has 0 radical (unpaired) electrons. The Balaban J connectivity index is 1.33. The van der Waals surface area contributed by atoms with E-state index in [9.17, 15) is 0 Å². The van der Waals surface area contributed by atoms with Gasteiger partial charge in [0, 0.05) is 48.7 Å². The van der Waals surface area contributed by atoms with Crippen molar-refractivity contribution in [2.45, 2.75) is 32.4 Å². The minimum absolute atomic E-state index is 0.538. The van der Waals surface area contributed by atoms with Crippen molar-refractivity contribution in [3.05, 3.63) is 71.3 Å². The molecule has 3 aromatic rings. The first kappa shape index (κ1) is 18.0. The average Bonchev–Trinajstić information content (AvgIpc) is 3.08. The van der Waals surface area contributed by atoms with E-state index in [2.05, 4.69) is 39.5 Å². The van der Waals surface area contributed by atoms with Crippen LogP contribution in [-0.2, 0) is 6.54 Å². The molecule has 0 spiro atoms. The molecule has 27 heavy (non-hydrogen) atoms. The SMILES string of the molecule is Cc1nn(-c2ccc(Cl)cc2)cc1CNC1CCN(c2cccnc2)CC1. The number of nitrogens with zero attached hydrogens (tertiary/aromatic N) is 4. The molecular weight excluding hydrogens is 358 g/mol. The third-order valence-electron chi connectivity index (χ3n) is 5.18.